The number of aromatic nitrogens is 2. The molecule has 1 amide bonds. The van der Waals surface area contributed by atoms with E-state index < -0.39 is 6.10 Å². The summed E-state index contributed by atoms with van der Waals surface area (Å²) in [6.07, 6.45) is -0.690. The van der Waals surface area contributed by atoms with Crippen LogP contribution < -0.4 is 4.74 Å². The van der Waals surface area contributed by atoms with E-state index in [1.54, 1.807) is 38.2 Å². The number of amides is 1. The third kappa shape index (κ3) is 4.18. The Morgan fingerprint density at radius 2 is 2.16 bits per heavy atom. The second-order valence-electron chi connectivity index (χ2n) is 5.37. The van der Waals surface area contributed by atoms with Crippen LogP contribution in [0.15, 0.2) is 46.3 Å². The molecule has 2 aromatic heterocycles. The van der Waals surface area contributed by atoms with E-state index in [9.17, 15) is 4.79 Å². The molecule has 0 saturated carbocycles. The molecule has 0 bridgehead atoms. The van der Waals surface area contributed by atoms with Gasteiger partial charge in [-0.3, -0.25) is 4.79 Å². The summed E-state index contributed by atoms with van der Waals surface area (Å²) in [6, 6.07) is 10.9. The lowest BCUT2D eigenvalue weighted by Crippen LogP contribution is -2.37. The second-order valence-corrected chi connectivity index (χ2v) is 6.73. The molecule has 3 aromatic rings. The van der Waals surface area contributed by atoms with Gasteiger partial charge >= 0.3 is 0 Å². The number of nitrogens with zero attached hydrogens (tertiary/aromatic N) is 3. The van der Waals surface area contributed by atoms with Crippen molar-refractivity contribution in [3.05, 3.63) is 52.7 Å². The number of carbonyl (C=O) groups is 1. The zero-order chi connectivity index (χ0) is 17.8. The molecule has 0 unspecified atom stereocenters. The molecule has 2 heterocycles. The van der Waals surface area contributed by atoms with Gasteiger partial charge in [-0.15, -0.1) is 11.3 Å². The number of hydrogen-bond acceptors (Lipinski definition) is 6. The number of carbonyl (C=O) groups excluding carboxylic acids is 1. The minimum Gasteiger partial charge on any atom is -0.479 e. The predicted molar refractivity (Wildman–Crippen MR) is 95.6 cm³/mol. The summed E-state index contributed by atoms with van der Waals surface area (Å²) in [5.74, 6) is 1.14. The Kier molecular flexibility index (Phi) is 5.35. The molecule has 130 valence electrons. The maximum Gasteiger partial charge on any atom is 0.263 e. The van der Waals surface area contributed by atoms with Crippen LogP contribution in [0.2, 0.25) is 5.02 Å². The summed E-state index contributed by atoms with van der Waals surface area (Å²) >= 11 is 7.58. The van der Waals surface area contributed by atoms with Crippen molar-refractivity contribution in [1.82, 2.24) is 15.0 Å². The average molecular weight is 378 g/mol. The summed E-state index contributed by atoms with van der Waals surface area (Å²) in [7, 11) is 1.66. The van der Waals surface area contributed by atoms with Crippen LogP contribution in [0.5, 0.6) is 5.75 Å². The molecule has 0 aliphatic carbocycles. The first-order valence-electron chi connectivity index (χ1n) is 7.57. The fourth-order valence-electron chi connectivity index (χ4n) is 2.20. The number of para-hydroxylation sites is 1. The Morgan fingerprint density at radius 1 is 1.36 bits per heavy atom. The first-order chi connectivity index (χ1) is 12.0. The van der Waals surface area contributed by atoms with Crippen LogP contribution in [-0.4, -0.2) is 34.1 Å². The van der Waals surface area contributed by atoms with Gasteiger partial charge in [0.1, 0.15) is 5.75 Å². The van der Waals surface area contributed by atoms with Crippen LogP contribution in [0, 0.1) is 0 Å². The Labute approximate surface area is 154 Å². The third-order valence-corrected chi connectivity index (χ3v) is 4.62. The van der Waals surface area contributed by atoms with Crippen LogP contribution in [0.3, 0.4) is 0 Å². The highest BCUT2D eigenvalue weighted by atomic mass is 35.5. The monoisotopic (exact) mass is 377 g/mol. The number of hydrogen-bond donors (Lipinski definition) is 0. The largest absolute Gasteiger partial charge is 0.479 e. The highest BCUT2D eigenvalue weighted by Gasteiger charge is 2.22. The summed E-state index contributed by atoms with van der Waals surface area (Å²) in [5, 5.41) is 6.33. The molecule has 0 radical (unpaired) electrons. The number of halogens is 1. The van der Waals surface area contributed by atoms with Gasteiger partial charge < -0.3 is 14.2 Å². The Bertz CT molecular complexity index is 850. The Morgan fingerprint density at radius 3 is 2.88 bits per heavy atom. The van der Waals surface area contributed by atoms with Gasteiger partial charge in [-0.2, -0.15) is 4.98 Å². The molecule has 3 rings (SSSR count). The smallest absolute Gasteiger partial charge is 0.263 e. The minimum absolute atomic E-state index is 0.202. The van der Waals surface area contributed by atoms with Crippen LogP contribution in [0.4, 0.5) is 0 Å². The number of benzene rings is 1. The van der Waals surface area contributed by atoms with E-state index >= 15 is 0 Å². The van der Waals surface area contributed by atoms with Gasteiger partial charge in [0.15, 0.2) is 6.10 Å². The van der Waals surface area contributed by atoms with Crippen molar-refractivity contribution in [2.75, 3.05) is 7.05 Å². The van der Waals surface area contributed by atoms with Crippen molar-refractivity contribution in [2.24, 2.45) is 0 Å². The van der Waals surface area contributed by atoms with E-state index in [0.717, 1.165) is 4.88 Å². The van der Waals surface area contributed by atoms with E-state index in [4.69, 9.17) is 20.9 Å². The molecule has 0 saturated heterocycles. The van der Waals surface area contributed by atoms with Gasteiger partial charge in [-0.25, -0.2) is 0 Å². The molecule has 8 heteroatoms. The van der Waals surface area contributed by atoms with E-state index in [1.165, 1.54) is 16.2 Å². The molecule has 6 nitrogen and oxygen atoms in total. The van der Waals surface area contributed by atoms with Gasteiger partial charge in [-0.05, 0) is 30.5 Å². The molecular formula is C17H16ClN3O3S. The average Bonchev–Trinajstić information content (AvgIpc) is 3.27. The van der Waals surface area contributed by atoms with Gasteiger partial charge in [0, 0.05) is 7.05 Å². The molecule has 0 aliphatic rings. The highest BCUT2D eigenvalue weighted by Crippen LogP contribution is 2.25. The standard InChI is InChI=1S/C17H16ClN3O3S/c1-11(23-13-7-4-3-6-12(13)18)17(22)21(2)10-15-19-16(20-24-15)14-8-5-9-25-14/h3-9,11H,10H2,1-2H3/t11-/m0/s1. The zero-order valence-electron chi connectivity index (χ0n) is 13.7. The summed E-state index contributed by atoms with van der Waals surface area (Å²) in [6.45, 7) is 1.88. The van der Waals surface area contributed by atoms with E-state index in [2.05, 4.69) is 10.1 Å². The van der Waals surface area contributed by atoms with E-state index in [1.807, 2.05) is 17.5 Å². The topological polar surface area (TPSA) is 68.5 Å². The quantitative estimate of drug-likeness (QED) is 0.652. The van der Waals surface area contributed by atoms with Gasteiger partial charge in [0.05, 0.1) is 16.4 Å². The number of rotatable bonds is 6. The lowest BCUT2D eigenvalue weighted by atomic mass is 10.3. The van der Waals surface area contributed by atoms with Crippen LogP contribution >= 0.6 is 22.9 Å². The lowest BCUT2D eigenvalue weighted by molar-refractivity contribution is -0.137. The molecule has 0 aliphatic heterocycles. The molecule has 0 N–H and O–H groups in total. The molecule has 1 atom stereocenters. The van der Waals surface area contributed by atoms with Gasteiger partial charge in [-0.1, -0.05) is 35.0 Å². The fraction of sp³-hybridized carbons (Fsp3) is 0.235. The van der Waals surface area contributed by atoms with Crippen LogP contribution in [0.1, 0.15) is 12.8 Å². The molecule has 0 spiro atoms. The number of likely N-dealkylation sites (N-methyl/N-ethyl adjacent to an activating group) is 1. The maximum atomic E-state index is 12.5. The van der Waals surface area contributed by atoms with Gasteiger partial charge in [0.2, 0.25) is 11.7 Å². The van der Waals surface area contributed by atoms with Crippen molar-refractivity contribution in [3.63, 3.8) is 0 Å². The van der Waals surface area contributed by atoms with Crippen molar-refractivity contribution in [3.8, 4) is 16.5 Å². The number of ether oxygens (including phenoxy) is 1. The first-order valence-corrected chi connectivity index (χ1v) is 8.83. The zero-order valence-corrected chi connectivity index (χ0v) is 15.3. The SMILES string of the molecule is C[C@H](Oc1ccccc1Cl)C(=O)N(C)Cc1nc(-c2cccs2)no1. The lowest BCUT2D eigenvalue weighted by Gasteiger charge is -2.21. The summed E-state index contributed by atoms with van der Waals surface area (Å²) in [4.78, 5) is 19.2. The minimum atomic E-state index is -0.690. The fourth-order valence-corrected chi connectivity index (χ4v) is 3.03. The van der Waals surface area contributed by atoms with Crippen molar-refractivity contribution < 1.29 is 14.1 Å². The first kappa shape index (κ1) is 17.4. The van der Waals surface area contributed by atoms with Crippen molar-refractivity contribution in [2.45, 2.75) is 19.6 Å². The molecular weight excluding hydrogens is 362 g/mol. The Balaban J connectivity index is 1.61. The highest BCUT2D eigenvalue weighted by molar-refractivity contribution is 7.13. The van der Waals surface area contributed by atoms with Crippen LogP contribution in [-0.2, 0) is 11.3 Å². The van der Waals surface area contributed by atoms with Crippen molar-refractivity contribution in [1.29, 1.82) is 0 Å². The Hall–Kier alpha value is -2.38. The second kappa shape index (κ2) is 7.67. The summed E-state index contributed by atoms with van der Waals surface area (Å²) < 4.78 is 10.9. The van der Waals surface area contributed by atoms with Crippen LogP contribution in [0.25, 0.3) is 10.7 Å². The summed E-state index contributed by atoms with van der Waals surface area (Å²) in [5.41, 5.74) is 0. The van der Waals surface area contributed by atoms with Crippen molar-refractivity contribution >= 4 is 28.8 Å². The molecule has 0 fully saturated rings. The normalized spacial score (nSPS) is 12.0. The number of thiophene rings is 1. The predicted octanol–water partition coefficient (Wildman–Crippen LogP) is 3.88. The molecule has 25 heavy (non-hydrogen) atoms. The third-order valence-electron chi connectivity index (χ3n) is 3.45. The van der Waals surface area contributed by atoms with E-state index in [-0.39, 0.29) is 12.5 Å². The van der Waals surface area contributed by atoms with Gasteiger partial charge in [0.25, 0.3) is 5.91 Å². The van der Waals surface area contributed by atoms with E-state index in [0.29, 0.717) is 22.5 Å². The maximum absolute atomic E-state index is 12.5. The molecule has 1 aromatic carbocycles.